The number of aliphatic hydroxyl groups is 1. The number of imidazole rings is 1. The van der Waals surface area contributed by atoms with Crippen molar-refractivity contribution in [3.8, 4) is 28.6 Å². The number of hydrogen-bond acceptors (Lipinski definition) is 6. The highest BCUT2D eigenvalue weighted by atomic mass is 35.5. The second kappa shape index (κ2) is 8.87. The van der Waals surface area contributed by atoms with Gasteiger partial charge in [0.1, 0.15) is 11.6 Å². The van der Waals surface area contributed by atoms with Crippen LogP contribution in [0.3, 0.4) is 0 Å². The van der Waals surface area contributed by atoms with E-state index in [-0.39, 0.29) is 17.4 Å². The topological polar surface area (TPSA) is 102 Å². The van der Waals surface area contributed by atoms with E-state index in [9.17, 15) is 15.3 Å². The van der Waals surface area contributed by atoms with Gasteiger partial charge in [0.25, 0.3) is 0 Å². The van der Waals surface area contributed by atoms with Gasteiger partial charge in [0.15, 0.2) is 17.7 Å². The maximum absolute atomic E-state index is 11.5. The summed E-state index contributed by atoms with van der Waals surface area (Å²) in [4.78, 5) is 9.87. The van der Waals surface area contributed by atoms with Crippen LogP contribution in [0, 0.1) is 6.92 Å². The molecule has 0 saturated heterocycles. The van der Waals surface area contributed by atoms with E-state index in [0.717, 1.165) is 44.2 Å². The van der Waals surface area contributed by atoms with Crippen LogP contribution in [0.25, 0.3) is 33.2 Å². The Hall–Kier alpha value is -3.94. The van der Waals surface area contributed by atoms with Crippen molar-refractivity contribution in [3.63, 3.8) is 0 Å². The number of fused-ring (bicyclic) bond motifs is 4. The highest BCUT2D eigenvalue weighted by Gasteiger charge is 2.35. The molecule has 2 atom stereocenters. The van der Waals surface area contributed by atoms with Crippen molar-refractivity contribution in [1.82, 2.24) is 9.97 Å². The Morgan fingerprint density at radius 2 is 1.95 bits per heavy atom. The first kappa shape index (κ1) is 23.5. The minimum Gasteiger partial charge on any atom is -0.507 e. The predicted molar refractivity (Wildman–Crippen MR) is 146 cm³/mol. The second-order valence-electron chi connectivity index (χ2n) is 9.45. The van der Waals surface area contributed by atoms with Crippen LogP contribution in [0.4, 0.5) is 5.69 Å². The zero-order chi connectivity index (χ0) is 25.8. The molecule has 1 unspecified atom stereocenters. The minimum absolute atomic E-state index is 0.0162. The van der Waals surface area contributed by atoms with Gasteiger partial charge in [-0.25, -0.2) is 4.98 Å². The van der Waals surface area contributed by atoms with Gasteiger partial charge in [-0.05, 0) is 53.8 Å². The molecule has 37 heavy (non-hydrogen) atoms. The molecule has 0 fully saturated rings. The van der Waals surface area contributed by atoms with E-state index in [4.69, 9.17) is 16.3 Å². The van der Waals surface area contributed by atoms with Gasteiger partial charge in [-0.15, -0.1) is 11.6 Å². The summed E-state index contributed by atoms with van der Waals surface area (Å²) in [6.45, 7) is 2.56. The summed E-state index contributed by atoms with van der Waals surface area (Å²) >= 11 is 6.41. The van der Waals surface area contributed by atoms with Crippen LogP contribution < -0.4 is 9.64 Å². The first-order chi connectivity index (χ1) is 17.9. The molecule has 188 valence electrons. The number of aromatic hydroxyl groups is 2. The first-order valence-electron chi connectivity index (χ1n) is 12.0. The fourth-order valence-electron chi connectivity index (χ4n) is 5.42. The van der Waals surface area contributed by atoms with Gasteiger partial charge in [0, 0.05) is 46.6 Å². The molecule has 0 spiro atoms. The number of aryl methyl sites for hydroxylation is 1. The molecule has 2 heterocycles. The van der Waals surface area contributed by atoms with Gasteiger partial charge in [-0.1, -0.05) is 24.3 Å². The average Bonchev–Trinajstić information content (AvgIpc) is 3.50. The summed E-state index contributed by atoms with van der Waals surface area (Å²) in [6.07, 6.45) is -0.947. The Morgan fingerprint density at radius 3 is 2.73 bits per heavy atom. The summed E-state index contributed by atoms with van der Waals surface area (Å²) in [5.74, 6) is 1.65. The van der Waals surface area contributed by atoms with Gasteiger partial charge in [0.05, 0.1) is 18.1 Å². The molecule has 0 aliphatic carbocycles. The number of ether oxygens (including phenoxy) is 1. The third-order valence-corrected chi connectivity index (χ3v) is 7.61. The number of aromatic amines is 1. The maximum Gasteiger partial charge on any atom is 0.161 e. The molecule has 1 aromatic heterocycles. The van der Waals surface area contributed by atoms with E-state index in [1.807, 2.05) is 48.2 Å². The largest absolute Gasteiger partial charge is 0.507 e. The van der Waals surface area contributed by atoms with E-state index in [0.29, 0.717) is 29.6 Å². The Morgan fingerprint density at radius 1 is 1.11 bits per heavy atom. The zero-order valence-electron chi connectivity index (χ0n) is 20.4. The SMILES string of the molecule is COc1cc(-c2nc3ccc(C(O)N4C[C@@H](CCl)c5c4cc(O)c4cccc(C)c54)cc3[nH]2)ccc1O. The molecule has 0 radical (unpaired) electrons. The molecule has 0 amide bonds. The fraction of sp³-hybridized carbons (Fsp3) is 0.207. The second-order valence-corrected chi connectivity index (χ2v) is 9.76. The van der Waals surface area contributed by atoms with Gasteiger partial charge in [0.2, 0.25) is 0 Å². The van der Waals surface area contributed by atoms with Crippen LogP contribution in [-0.4, -0.2) is 44.8 Å². The number of alkyl halides is 1. The minimum atomic E-state index is -0.947. The molecule has 1 aliphatic rings. The number of phenols is 2. The lowest BCUT2D eigenvalue weighted by molar-refractivity contribution is 0.173. The lowest BCUT2D eigenvalue weighted by Crippen LogP contribution is -2.27. The predicted octanol–water partition coefficient (Wildman–Crippen LogP) is 5.94. The number of benzene rings is 4. The van der Waals surface area contributed by atoms with Crippen molar-refractivity contribution in [3.05, 3.63) is 77.4 Å². The van der Waals surface area contributed by atoms with Crippen LogP contribution in [0.2, 0.25) is 0 Å². The van der Waals surface area contributed by atoms with Crippen LogP contribution in [0.1, 0.15) is 28.8 Å². The molecule has 0 saturated carbocycles. The Bertz CT molecular complexity index is 1660. The summed E-state index contributed by atoms with van der Waals surface area (Å²) in [5, 5.41) is 34.0. The highest BCUT2D eigenvalue weighted by Crippen LogP contribution is 2.48. The van der Waals surface area contributed by atoms with E-state index < -0.39 is 6.23 Å². The van der Waals surface area contributed by atoms with Crippen molar-refractivity contribution in [1.29, 1.82) is 0 Å². The molecule has 4 aromatic carbocycles. The molecule has 4 N–H and O–H groups in total. The van der Waals surface area contributed by atoms with Gasteiger partial charge in [-0.3, -0.25) is 0 Å². The normalized spacial score (nSPS) is 15.9. The van der Waals surface area contributed by atoms with Gasteiger partial charge >= 0.3 is 0 Å². The standard InChI is InChI=1S/C29H26ClN3O4/c1-15-4-3-5-19-24(35)12-22-27(26(15)19)18(13-30)14-33(22)29(36)17-6-8-20-21(10-17)32-28(31-20)16-7-9-23(34)25(11-16)37-2/h3-12,18,29,34-36H,13-14H2,1-2H3,(H,31,32)/t18-,29?/m1/s1. The highest BCUT2D eigenvalue weighted by molar-refractivity contribution is 6.19. The lowest BCUT2D eigenvalue weighted by atomic mass is 9.92. The van der Waals surface area contributed by atoms with Gasteiger partial charge in [-0.2, -0.15) is 0 Å². The summed E-state index contributed by atoms with van der Waals surface area (Å²) in [5.41, 5.74) is 5.89. The molecule has 1 aliphatic heterocycles. The summed E-state index contributed by atoms with van der Waals surface area (Å²) in [6, 6.07) is 18.3. The lowest BCUT2D eigenvalue weighted by Gasteiger charge is -2.27. The van der Waals surface area contributed by atoms with E-state index in [1.54, 1.807) is 24.3 Å². The molecule has 6 rings (SSSR count). The fourth-order valence-corrected chi connectivity index (χ4v) is 5.67. The van der Waals surface area contributed by atoms with Crippen LogP contribution in [-0.2, 0) is 0 Å². The van der Waals surface area contributed by atoms with Crippen LogP contribution >= 0.6 is 11.6 Å². The smallest absolute Gasteiger partial charge is 0.161 e. The first-order valence-corrected chi connectivity index (χ1v) is 12.6. The van der Waals surface area contributed by atoms with E-state index >= 15 is 0 Å². The number of aromatic nitrogens is 2. The van der Waals surface area contributed by atoms with Crippen molar-refractivity contribution in [2.45, 2.75) is 19.1 Å². The van der Waals surface area contributed by atoms with E-state index in [2.05, 4.69) is 9.97 Å². The average molecular weight is 516 g/mol. The number of nitrogens with zero attached hydrogens (tertiary/aromatic N) is 2. The number of phenolic OH excluding ortho intramolecular Hbond substituents is 2. The van der Waals surface area contributed by atoms with Crippen molar-refractivity contribution >= 4 is 39.1 Å². The third-order valence-electron chi connectivity index (χ3n) is 7.24. The monoisotopic (exact) mass is 515 g/mol. The molecule has 7 nitrogen and oxygen atoms in total. The summed E-state index contributed by atoms with van der Waals surface area (Å²) < 4.78 is 5.22. The maximum atomic E-state index is 11.5. The van der Waals surface area contributed by atoms with Crippen molar-refractivity contribution in [2.24, 2.45) is 0 Å². The Labute approximate surface area is 218 Å². The zero-order valence-corrected chi connectivity index (χ0v) is 21.1. The molecule has 5 aromatic rings. The Kier molecular flexibility index (Phi) is 5.62. The van der Waals surface area contributed by atoms with E-state index in [1.165, 1.54) is 7.11 Å². The van der Waals surface area contributed by atoms with Crippen LogP contribution in [0.5, 0.6) is 17.2 Å². The number of aliphatic hydroxyl groups excluding tert-OH is 1. The number of nitrogens with one attached hydrogen (secondary N) is 1. The van der Waals surface area contributed by atoms with Gasteiger partial charge < -0.3 is 29.9 Å². The number of H-pyrrole nitrogens is 1. The number of halogens is 1. The molecule has 8 heteroatoms. The number of hydrogen-bond donors (Lipinski definition) is 4. The summed E-state index contributed by atoms with van der Waals surface area (Å²) in [7, 11) is 1.50. The quantitative estimate of drug-likeness (QED) is 0.216. The van der Waals surface area contributed by atoms with Crippen molar-refractivity contribution in [2.75, 3.05) is 24.4 Å². The number of rotatable bonds is 5. The van der Waals surface area contributed by atoms with Crippen LogP contribution in [0.15, 0.2) is 60.7 Å². The number of anilines is 1. The molecular weight excluding hydrogens is 490 g/mol. The van der Waals surface area contributed by atoms with Crippen molar-refractivity contribution < 1.29 is 20.1 Å². The molecular formula is C29H26ClN3O4. The Balaban J connectivity index is 1.40. The molecule has 0 bridgehead atoms. The third kappa shape index (κ3) is 3.74. The number of methoxy groups -OCH3 is 1.